The van der Waals surface area contributed by atoms with Crippen LogP contribution >= 0.6 is 0 Å². The van der Waals surface area contributed by atoms with Crippen LogP contribution < -0.4 is 5.32 Å². The van der Waals surface area contributed by atoms with Gasteiger partial charge in [0.15, 0.2) is 0 Å². The normalized spacial score (nSPS) is 19.1. The lowest BCUT2D eigenvalue weighted by Gasteiger charge is -2.38. The van der Waals surface area contributed by atoms with E-state index in [0.717, 1.165) is 32.2 Å². The lowest BCUT2D eigenvalue weighted by molar-refractivity contribution is -0.384. The van der Waals surface area contributed by atoms with Crippen molar-refractivity contribution in [1.82, 2.24) is 9.80 Å². The number of nitrogens with one attached hydrogen (secondary N) is 1. The van der Waals surface area contributed by atoms with E-state index in [2.05, 4.69) is 10.2 Å². The standard InChI is InChI=1S/C18H26N4O3/c23-18(9-10-19-16-7-3-4-8-17(16)22(24)25)21-13-11-20(12-14-21)15-5-1-2-6-15/h3-4,7-8,15,19H,1-2,5-6,9-14H2. The van der Waals surface area contributed by atoms with Crippen LogP contribution in [-0.4, -0.2) is 59.4 Å². The van der Waals surface area contributed by atoms with Gasteiger partial charge in [0.2, 0.25) is 5.91 Å². The van der Waals surface area contributed by atoms with Crippen molar-refractivity contribution in [3.8, 4) is 0 Å². The molecule has 25 heavy (non-hydrogen) atoms. The molecule has 1 saturated heterocycles. The van der Waals surface area contributed by atoms with Crippen LogP contribution in [-0.2, 0) is 4.79 Å². The number of carbonyl (C=O) groups is 1. The summed E-state index contributed by atoms with van der Waals surface area (Å²) in [5, 5.41) is 14.0. The highest BCUT2D eigenvalue weighted by Crippen LogP contribution is 2.25. The van der Waals surface area contributed by atoms with E-state index in [1.54, 1.807) is 18.2 Å². The van der Waals surface area contributed by atoms with Crippen LogP contribution in [0.2, 0.25) is 0 Å². The molecule has 3 rings (SSSR count). The first-order chi connectivity index (χ1) is 12.1. The molecule has 1 aromatic rings. The molecule has 136 valence electrons. The Morgan fingerprint density at radius 3 is 2.52 bits per heavy atom. The summed E-state index contributed by atoms with van der Waals surface area (Å²) in [6.45, 7) is 3.93. The van der Waals surface area contributed by atoms with Crippen molar-refractivity contribution < 1.29 is 9.72 Å². The minimum Gasteiger partial charge on any atom is -0.379 e. The molecule has 7 nitrogen and oxygen atoms in total. The maximum Gasteiger partial charge on any atom is 0.292 e. The number of para-hydroxylation sites is 2. The number of anilines is 1. The summed E-state index contributed by atoms with van der Waals surface area (Å²) in [4.78, 5) is 27.4. The van der Waals surface area contributed by atoms with Crippen LogP contribution in [0.15, 0.2) is 24.3 Å². The number of benzene rings is 1. The molecular weight excluding hydrogens is 320 g/mol. The molecule has 0 spiro atoms. The summed E-state index contributed by atoms with van der Waals surface area (Å²) in [6, 6.07) is 7.24. The van der Waals surface area contributed by atoms with Crippen LogP contribution in [0.25, 0.3) is 0 Å². The summed E-state index contributed by atoms with van der Waals surface area (Å²) in [7, 11) is 0. The predicted octanol–water partition coefficient (Wildman–Crippen LogP) is 2.48. The maximum atomic E-state index is 12.4. The number of piperazine rings is 1. The highest BCUT2D eigenvalue weighted by atomic mass is 16.6. The molecule has 1 saturated carbocycles. The highest BCUT2D eigenvalue weighted by Gasteiger charge is 2.27. The second-order valence-corrected chi connectivity index (χ2v) is 6.81. The molecule has 0 aromatic heterocycles. The quantitative estimate of drug-likeness (QED) is 0.632. The van der Waals surface area contributed by atoms with Crippen molar-refractivity contribution in [3.63, 3.8) is 0 Å². The molecular formula is C18H26N4O3. The van der Waals surface area contributed by atoms with E-state index in [9.17, 15) is 14.9 Å². The summed E-state index contributed by atoms with van der Waals surface area (Å²) in [6.07, 6.45) is 5.62. The molecule has 7 heteroatoms. The third-order valence-corrected chi connectivity index (χ3v) is 5.26. The van der Waals surface area contributed by atoms with E-state index in [0.29, 0.717) is 18.7 Å². The van der Waals surface area contributed by atoms with Gasteiger partial charge in [-0.05, 0) is 18.9 Å². The number of carbonyl (C=O) groups excluding carboxylic acids is 1. The van der Waals surface area contributed by atoms with Crippen LogP contribution in [0.5, 0.6) is 0 Å². The smallest absolute Gasteiger partial charge is 0.292 e. The molecule has 1 aromatic carbocycles. The van der Waals surface area contributed by atoms with Crippen LogP contribution in [0, 0.1) is 10.1 Å². The molecule has 0 bridgehead atoms. The second-order valence-electron chi connectivity index (χ2n) is 6.81. The van der Waals surface area contributed by atoms with Crippen molar-refractivity contribution in [2.75, 3.05) is 38.0 Å². The number of nitrogens with zero attached hydrogens (tertiary/aromatic N) is 3. The van der Waals surface area contributed by atoms with Gasteiger partial charge in [-0.2, -0.15) is 0 Å². The number of rotatable bonds is 6. The number of nitro benzene ring substituents is 1. The lowest BCUT2D eigenvalue weighted by atomic mass is 10.1. The van der Waals surface area contributed by atoms with Gasteiger partial charge in [-0.3, -0.25) is 19.8 Å². The Morgan fingerprint density at radius 2 is 1.84 bits per heavy atom. The van der Waals surface area contributed by atoms with Crippen molar-refractivity contribution in [3.05, 3.63) is 34.4 Å². The Morgan fingerprint density at radius 1 is 1.16 bits per heavy atom. The Kier molecular flexibility index (Phi) is 5.86. The van der Waals surface area contributed by atoms with Crippen molar-refractivity contribution >= 4 is 17.3 Å². The van der Waals surface area contributed by atoms with E-state index < -0.39 is 4.92 Å². The van der Waals surface area contributed by atoms with Crippen molar-refractivity contribution in [1.29, 1.82) is 0 Å². The number of hydrogen-bond acceptors (Lipinski definition) is 5. The van der Waals surface area contributed by atoms with Gasteiger partial charge in [-0.25, -0.2) is 0 Å². The predicted molar refractivity (Wildman–Crippen MR) is 96.6 cm³/mol. The first kappa shape index (κ1) is 17.7. The SMILES string of the molecule is O=C(CCNc1ccccc1[N+](=O)[O-])N1CCN(C2CCCC2)CC1. The molecule has 0 radical (unpaired) electrons. The first-order valence-electron chi connectivity index (χ1n) is 9.14. The van der Waals surface area contributed by atoms with Gasteiger partial charge in [-0.15, -0.1) is 0 Å². The molecule has 1 amide bonds. The third-order valence-electron chi connectivity index (χ3n) is 5.26. The van der Waals surface area contributed by atoms with Gasteiger partial charge in [0.05, 0.1) is 4.92 Å². The summed E-state index contributed by atoms with van der Waals surface area (Å²) < 4.78 is 0. The van der Waals surface area contributed by atoms with E-state index in [-0.39, 0.29) is 11.6 Å². The second kappa shape index (κ2) is 8.29. The van der Waals surface area contributed by atoms with Gasteiger partial charge < -0.3 is 10.2 Å². The molecule has 0 unspecified atom stereocenters. The minimum atomic E-state index is -0.410. The lowest BCUT2D eigenvalue weighted by Crippen LogP contribution is -2.51. The van der Waals surface area contributed by atoms with E-state index >= 15 is 0 Å². The largest absolute Gasteiger partial charge is 0.379 e. The molecule has 0 atom stereocenters. The topological polar surface area (TPSA) is 78.7 Å². The van der Waals surface area contributed by atoms with Gasteiger partial charge in [-0.1, -0.05) is 25.0 Å². The average molecular weight is 346 g/mol. The molecule has 1 aliphatic carbocycles. The van der Waals surface area contributed by atoms with Crippen LogP contribution in [0.1, 0.15) is 32.1 Å². The fourth-order valence-corrected chi connectivity index (χ4v) is 3.85. The molecule has 1 aliphatic heterocycles. The average Bonchev–Trinajstić information content (AvgIpc) is 3.17. The third kappa shape index (κ3) is 4.48. The Hall–Kier alpha value is -2.15. The van der Waals surface area contributed by atoms with E-state index in [4.69, 9.17) is 0 Å². The Labute approximate surface area is 148 Å². The molecule has 1 heterocycles. The fourth-order valence-electron chi connectivity index (χ4n) is 3.85. The van der Waals surface area contributed by atoms with Gasteiger partial charge >= 0.3 is 0 Å². The zero-order valence-corrected chi connectivity index (χ0v) is 14.5. The fraction of sp³-hybridized carbons (Fsp3) is 0.611. The van der Waals surface area contributed by atoms with Crippen LogP contribution in [0.4, 0.5) is 11.4 Å². The first-order valence-corrected chi connectivity index (χ1v) is 9.14. The van der Waals surface area contributed by atoms with Crippen molar-refractivity contribution in [2.24, 2.45) is 0 Å². The maximum absolute atomic E-state index is 12.4. The Balaban J connectivity index is 1.42. The molecule has 2 fully saturated rings. The molecule has 1 N–H and O–H groups in total. The summed E-state index contributed by atoms with van der Waals surface area (Å²) in [5.41, 5.74) is 0.506. The van der Waals surface area contributed by atoms with Crippen LogP contribution in [0.3, 0.4) is 0 Å². The van der Waals surface area contributed by atoms with E-state index in [1.165, 1.54) is 31.7 Å². The molecule has 2 aliphatic rings. The number of amides is 1. The van der Waals surface area contributed by atoms with E-state index in [1.807, 2.05) is 4.90 Å². The van der Waals surface area contributed by atoms with Gasteiger partial charge in [0.25, 0.3) is 5.69 Å². The summed E-state index contributed by atoms with van der Waals surface area (Å²) >= 11 is 0. The highest BCUT2D eigenvalue weighted by molar-refractivity contribution is 5.77. The van der Waals surface area contributed by atoms with Gasteiger partial charge in [0.1, 0.15) is 5.69 Å². The Bertz CT molecular complexity index is 608. The summed E-state index contributed by atoms with van der Waals surface area (Å²) in [5.74, 6) is 0.122. The number of nitro groups is 1. The van der Waals surface area contributed by atoms with Gasteiger partial charge in [0, 0.05) is 51.3 Å². The zero-order chi connectivity index (χ0) is 17.6. The monoisotopic (exact) mass is 346 g/mol. The number of hydrogen-bond donors (Lipinski definition) is 1. The minimum absolute atomic E-state index is 0.0418. The van der Waals surface area contributed by atoms with Crippen molar-refractivity contribution in [2.45, 2.75) is 38.1 Å². The zero-order valence-electron chi connectivity index (χ0n) is 14.5.